The van der Waals surface area contributed by atoms with E-state index in [1.807, 2.05) is 37.3 Å². The number of carbonyl (C=O) groups is 1. The number of aromatic nitrogens is 2. The smallest absolute Gasteiger partial charge is 0.338 e. The van der Waals surface area contributed by atoms with Crippen LogP contribution in [0.3, 0.4) is 0 Å². The van der Waals surface area contributed by atoms with Crippen molar-refractivity contribution >= 4 is 29.0 Å². The lowest BCUT2D eigenvalue weighted by Gasteiger charge is -2.11. The van der Waals surface area contributed by atoms with Gasteiger partial charge in [0.2, 0.25) is 0 Å². The Morgan fingerprint density at radius 1 is 0.893 bits per heavy atom. The minimum absolute atomic E-state index is 0.326. The summed E-state index contributed by atoms with van der Waals surface area (Å²) < 4.78 is 5.00. The molecule has 0 aliphatic rings. The third-order valence-electron chi connectivity index (χ3n) is 4.14. The predicted molar refractivity (Wildman–Crippen MR) is 112 cm³/mol. The summed E-state index contributed by atoms with van der Waals surface area (Å²) in [6.07, 6.45) is 1.01. The van der Waals surface area contributed by atoms with E-state index in [0.29, 0.717) is 29.6 Å². The van der Waals surface area contributed by atoms with E-state index in [1.165, 1.54) is 5.56 Å². The highest BCUT2D eigenvalue weighted by Crippen LogP contribution is 2.21. The predicted octanol–water partition coefficient (Wildman–Crippen LogP) is 5.01. The first kappa shape index (κ1) is 19.4. The van der Waals surface area contributed by atoms with Crippen molar-refractivity contribution in [1.82, 2.24) is 9.97 Å². The first-order valence-electron chi connectivity index (χ1n) is 9.33. The van der Waals surface area contributed by atoms with Crippen molar-refractivity contribution in [2.24, 2.45) is 0 Å². The molecule has 0 aliphatic heterocycles. The third-order valence-corrected chi connectivity index (χ3v) is 4.14. The highest BCUT2D eigenvalue weighted by molar-refractivity contribution is 5.89. The molecule has 0 bridgehead atoms. The molecular weight excluding hydrogens is 352 g/mol. The largest absolute Gasteiger partial charge is 0.462 e. The zero-order chi connectivity index (χ0) is 19.9. The molecule has 2 N–H and O–H groups in total. The molecular formula is C22H24N4O2. The number of aryl methyl sites for hydroxylation is 2. The fraction of sp³-hybridized carbons (Fsp3) is 0.227. The lowest BCUT2D eigenvalue weighted by Crippen LogP contribution is -2.05. The zero-order valence-corrected chi connectivity index (χ0v) is 16.3. The molecule has 0 spiro atoms. The van der Waals surface area contributed by atoms with Crippen molar-refractivity contribution < 1.29 is 9.53 Å². The van der Waals surface area contributed by atoms with Gasteiger partial charge in [0.05, 0.1) is 12.2 Å². The Morgan fingerprint density at radius 3 is 1.93 bits per heavy atom. The number of benzene rings is 2. The molecule has 0 saturated heterocycles. The van der Waals surface area contributed by atoms with Gasteiger partial charge in [-0.1, -0.05) is 19.1 Å². The van der Waals surface area contributed by atoms with E-state index in [-0.39, 0.29) is 5.97 Å². The monoisotopic (exact) mass is 376 g/mol. The van der Waals surface area contributed by atoms with Crippen LogP contribution in [-0.2, 0) is 11.2 Å². The number of carbonyl (C=O) groups excluding carboxylic acids is 1. The fourth-order valence-corrected chi connectivity index (χ4v) is 2.72. The van der Waals surface area contributed by atoms with E-state index in [9.17, 15) is 4.79 Å². The van der Waals surface area contributed by atoms with Crippen molar-refractivity contribution in [3.8, 4) is 0 Å². The normalized spacial score (nSPS) is 10.4. The van der Waals surface area contributed by atoms with Gasteiger partial charge in [-0.3, -0.25) is 0 Å². The van der Waals surface area contributed by atoms with E-state index in [0.717, 1.165) is 17.8 Å². The Labute approximate surface area is 165 Å². The van der Waals surface area contributed by atoms with Crippen LogP contribution in [0.2, 0.25) is 0 Å². The molecule has 28 heavy (non-hydrogen) atoms. The number of anilines is 4. The third kappa shape index (κ3) is 5.07. The average Bonchev–Trinajstić information content (AvgIpc) is 2.69. The SMILES string of the molecule is CCOC(=O)c1ccc(Nc2cc(Nc3ccc(CC)cc3)nc(C)n2)cc1. The number of rotatable bonds is 7. The van der Waals surface area contributed by atoms with Crippen LogP contribution >= 0.6 is 0 Å². The zero-order valence-electron chi connectivity index (χ0n) is 16.3. The number of ether oxygens (including phenoxy) is 1. The maximum atomic E-state index is 11.7. The van der Waals surface area contributed by atoms with Crippen LogP contribution in [-0.4, -0.2) is 22.5 Å². The molecule has 6 heteroatoms. The fourth-order valence-electron chi connectivity index (χ4n) is 2.72. The molecule has 0 amide bonds. The van der Waals surface area contributed by atoms with Crippen LogP contribution in [0.4, 0.5) is 23.0 Å². The first-order chi connectivity index (χ1) is 13.6. The molecule has 144 valence electrons. The Kier molecular flexibility index (Phi) is 6.22. The van der Waals surface area contributed by atoms with Gasteiger partial charge >= 0.3 is 5.97 Å². The Balaban J connectivity index is 1.73. The molecule has 0 aliphatic carbocycles. The van der Waals surface area contributed by atoms with Crippen molar-refractivity contribution in [2.45, 2.75) is 27.2 Å². The summed E-state index contributed by atoms with van der Waals surface area (Å²) in [7, 11) is 0. The first-order valence-corrected chi connectivity index (χ1v) is 9.33. The van der Waals surface area contributed by atoms with E-state index in [2.05, 4.69) is 39.7 Å². The highest BCUT2D eigenvalue weighted by Gasteiger charge is 2.07. The van der Waals surface area contributed by atoms with E-state index >= 15 is 0 Å². The summed E-state index contributed by atoms with van der Waals surface area (Å²) in [6, 6.07) is 17.2. The molecule has 3 rings (SSSR count). The number of esters is 1. The van der Waals surface area contributed by atoms with Gasteiger partial charge < -0.3 is 15.4 Å². The highest BCUT2D eigenvalue weighted by atomic mass is 16.5. The molecule has 0 unspecified atom stereocenters. The number of nitrogens with zero attached hydrogens (tertiary/aromatic N) is 2. The van der Waals surface area contributed by atoms with Gasteiger partial charge in [0.1, 0.15) is 17.5 Å². The summed E-state index contributed by atoms with van der Waals surface area (Å²) in [6.45, 7) is 6.12. The van der Waals surface area contributed by atoms with Gasteiger partial charge in [-0.25, -0.2) is 14.8 Å². The van der Waals surface area contributed by atoms with Gasteiger partial charge in [-0.15, -0.1) is 0 Å². The van der Waals surface area contributed by atoms with Gasteiger partial charge in [-0.05, 0) is 62.2 Å². The quantitative estimate of drug-likeness (QED) is 0.565. The Hall–Kier alpha value is -3.41. The summed E-state index contributed by atoms with van der Waals surface area (Å²) in [5, 5.41) is 6.55. The van der Waals surface area contributed by atoms with Gasteiger partial charge in [-0.2, -0.15) is 0 Å². The molecule has 1 aromatic heterocycles. The summed E-state index contributed by atoms with van der Waals surface area (Å²) in [5.74, 6) is 1.71. The lowest BCUT2D eigenvalue weighted by molar-refractivity contribution is 0.0526. The van der Waals surface area contributed by atoms with E-state index < -0.39 is 0 Å². The topological polar surface area (TPSA) is 76.1 Å². The minimum Gasteiger partial charge on any atom is -0.462 e. The maximum absolute atomic E-state index is 11.7. The van der Waals surface area contributed by atoms with Crippen LogP contribution in [0.1, 0.15) is 35.6 Å². The maximum Gasteiger partial charge on any atom is 0.338 e. The Morgan fingerprint density at radius 2 is 1.43 bits per heavy atom. The van der Waals surface area contributed by atoms with Gasteiger partial charge in [0, 0.05) is 17.4 Å². The van der Waals surface area contributed by atoms with Crippen LogP contribution < -0.4 is 10.6 Å². The van der Waals surface area contributed by atoms with Crippen LogP contribution in [0, 0.1) is 6.92 Å². The molecule has 3 aromatic rings. The number of hydrogen-bond donors (Lipinski definition) is 2. The van der Waals surface area contributed by atoms with Gasteiger partial charge in [0.25, 0.3) is 0 Å². The summed E-state index contributed by atoms with van der Waals surface area (Å²) in [5.41, 5.74) is 3.60. The standard InChI is InChI=1S/C22H24N4O2/c1-4-16-6-10-18(11-7-16)25-20-14-21(24-15(3)23-20)26-19-12-8-17(9-13-19)22(27)28-5-2/h6-14H,4-5H2,1-3H3,(H2,23,24,25,26). The van der Waals surface area contributed by atoms with Crippen molar-refractivity contribution in [2.75, 3.05) is 17.2 Å². The number of hydrogen-bond acceptors (Lipinski definition) is 6. The van der Waals surface area contributed by atoms with Gasteiger partial charge in [0.15, 0.2) is 0 Å². The van der Waals surface area contributed by atoms with E-state index in [4.69, 9.17) is 4.74 Å². The lowest BCUT2D eigenvalue weighted by atomic mass is 10.1. The summed E-state index contributed by atoms with van der Waals surface area (Å²) in [4.78, 5) is 20.6. The second kappa shape index (κ2) is 8.99. The average molecular weight is 376 g/mol. The van der Waals surface area contributed by atoms with Crippen LogP contribution in [0.15, 0.2) is 54.6 Å². The summed E-state index contributed by atoms with van der Waals surface area (Å²) >= 11 is 0. The minimum atomic E-state index is -0.326. The second-order valence-corrected chi connectivity index (χ2v) is 6.28. The van der Waals surface area contributed by atoms with Crippen molar-refractivity contribution in [3.05, 3.63) is 71.5 Å². The molecule has 6 nitrogen and oxygen atoms in total. The van der Waals surface area contributed by atoms with E-state index in [1.54, 1.807) is 19.1 Å². The van der Waals surface area contributed by atoms with Crippen LogP contribution in [0.5, 0.6) is 0 Å². The second-order valence-electron chi connectivity index (χ2n) is 6.28. The molecule has 1 heterocycles. The van der Waals surface area contributed by atoms with Crippen molar-refractivity contribution in [1.29, 1.82) is 0 Å². The number of nitrogens with one attached hydrogen (secondary N) is 2. The van der Waals surface area contributed by atoms with Crippen LogP contribution in [0.25, 0.3) is 0 Å². The molecule has 2 aromatic carbocycles. The molecule has 0 fully saturated rings. The Bertz CT molecular complexity index is 938. The molecule has 0 radical (unpaired) electrons. The molecule has 0 saturated carbocycles. The molecule has 0 atom stereocenters. The van der Waals surface area contributed by atoms with Crippen molar-refractivity contribution in [3.63, 3.8) is 0 Å².